The number of ether oxygens (including phenoxy) is 1. The van der Waals surface area contributed by atoms with E-state index in [0.717, 1.165) is 58.4 Å². The highest BCUT2D eigenvalue weighted by Gasteiger charge is 2.30. The Morgan fingerprint density at radius 1 is 1.15 bits per heavy atom. The molecule has 3 fully saturated rings. The number of hydrogen-bond donors (Lipinski definition) is 1. The maximum Gasteiger partial charge on any atom is 0.194 e. The van der Waals surface area contributed by atoms with Crippen LogP contribution in [0.3, 0.4) is 0 Å². The van der Waals surface area contributed by atoms with Gasteiger partial charge in [0.1, 0.15) is 0 Å². The smallest absolute Gasteiger partial charge is 0.194 e. The molecular weight excluding hydrogens is 354 g/mol. The molecule has 1 atom stereocenters. The number of nitrogens with zero attached hydrogens (tertiary/aromatic N) is 4. The average Bonchev–Trinajstić information content (AvgIpc) is 3.13. The first-order valence-corrected chi connectivity index (χ1v) is 11.7. The van der Waals surface area contributed by atoms with Crippen LogP contribution in [0.25, 0.3) is 0 Å². The van der Waals surface area contributed by atoms with E-state index in [1.54, 1.807) is 0 Å². The Kier molecular flexibility index (Phi) is 7.13. The molecule has 3 saturated heterocycles. The predicted octanol–water partition coefficient (Wildman–Crippen LogP) is -0.911. The van der Waals surface area contributed by atoms with E-state index in [-0.39, 0.29) is 11.5 Å². The topological polar surface area (TPSA) is 77.5 Å². The van der Waals surface area contributed by atoms with Gasteiger partial charge in [-0.25, -0.2) is 8.42 Å². The summed E-state index contributed by atoms with van der Waals surface area (Å²) in [5, 5.41) is 3.42. The van der Waals surface area contributed by atoms with Crippen LogP contribution < -0.4 is 5.32 Å². The molecule has 0 aromatic rings. The Labute approximate surface area is 157 Å². The summed E-state index contributed by atoms with van der Waals surface area (Å²) < 4.78 is 28.5. The number of nitrogens with one attached hydrogen (secondary N) is 1. The summed E-state index contributed by atoms with van der Waals surface area (Å²) in [5.74, 6) is 1.56. The number of hydrogen-bond acceptors (Lipinski definition) is 6. The first kappa shape index (κ1) is 19.9. The fourth-order valence-electron chi connectivity index (χ4n) is 3.87. The van der Waals surface area contributed by atoms with Gasteiger partial charge in [0.15, 0.2) is 15.8 Å². The normalized spacial score (nSPS) is 28.4. The first-order valence-electron chi connectivity index (χ1n) is 9.85. The second-order valence-electron chi connectivity index (χ2n) is 7.27. The summed E-state index contributed by atoms with van der Waals surface area (Å²) in [6, 6.07) is 0.593. The minimum absolute atomic E-state index is 0.282. The molecule has 0 radical (unpaired) electrons. The largest absolute Gasteiger partial charge is 0.379 e. The molecule has 1 N–H and O–H groups in total. The highest BCUT2D eigenvalue weighted by atomic mass is 32.2. The SMILES string of the molecule is CCNC(=NCCN1CCS(=O)(=O)CC1)N1CCC(N2CCOCC2)C1. The summed E-state index contributed by atoms with van der Waals surface area (Å²) in [4.78, 5) is 11.9. The highest BCUT2D eigenvalue weighted by Crippen LogP contribution is 2.17. The zero-order valence-corrected chi connectivity index (χ0v) is 16.7. The zero-order chi connectivity index (χ0) is 18.4. The molecule has 3 heterocycles. The minimum atomic E-state index is -2.81. The van der Waals surface area contributed by atoms with Crippen molar-refractivity contribution in [2.45, 2.75) is 19.4 Å². The highest BCUT2D eigenvalue weighted by molar-refractivity contribution is 7.91. The van der Waals surface area contributed by atoms with Gasteiger partial charge in [-0.2, -0.15) is 0 Å². The Balaban J connectivity index is 1.48. The van der Waals surface area contributed by atoms with Crippen LogP contribution in [0, 0.1) is 0 Å². The van der Waals surface area contributed by atoms with Gasteiger partial charge < -0.3 is 15.0 Å². The third-order valence-electron chi connectivity index (χ3n) is 5.47. The molecule has 0 spiro atoms. The molecule has 3 aliphatic rings. The van der Waals surface area contributed by atoms with Gasteiger partial charge in [0.05, 0.1) is 31.3 Å². The van der Waals surface area contributed by atoms with Gasteiger partial charge in [0, 0.05) is 58.4 Å². The van der Waals surface area contributed by atoms with Crippen LogP contribution >= 0.6 is 0 Å². The Morgan fingerprint density at radius 3 is 2.58 bits per heavy atom. The Morgan fingerprint density at radius 2 is 1.88 bits per heavy atom. The summed E-state index contributed by atoms with van der Waals surface area (Å²) in [6.07, 6.45) is 1.17. The molecule has 0 saturated carbocycles. The van der Waals surface area contributed by atoms with E-state index in [9.17, 15) is 8.42 Å². The molecule has 0 aliphatic carbocycles. The van der Waals surface area contributed by atoms with Crippen molar-refractivity contribution in [1.82, 2.24) is 20.0 Å². The first-order chi connectivity index (χ1) is 12.6. The van der Waals surface area contributed by atoms with Crippen LogP contribution in [0.5, 0.6) is 0 Å². The van der Waals surface area contributed by atoms with Crippen molar-refractivity contribution in [3.63, 3.8) is 0 Å². The van der Waals surface area contributed by atoms with E-state index in [4.69, 9.17) is 9.73 Å². The molecule has 8 nitrogen and oxygen atoms in total. The number of likely N-dealkylation sites (tertiary alicyclic amines) is 1. The van der Waals surface area contributed by atoms with Crippen molar-refractivity contribution in [1.29, 1.82) is 0 Å². The van der Waals surface area contributed by atoms with E-state index in [1.165, 1.54) is 6.42 Å². The molecular formula is C17H33N5O3S. The van der Waals surface area contributed by atoms with Crippen LogP contribution in [-0.4, -0.2) is 119 Å². The third-order valence-corrected chi connectivity index (χ3v) is 7.08. The van der Waals surface area contributed by atoms with E-state index in [0.29, 0.717) is 25.7 Å². The van der Waals surface area contributed by atoms with Crippen molar-refractivity contribution >= 4 is 15.8 Å². The second kappa shape index (κ2) is 9.34. The third kappa shape index (κ3) is 5.55. The zero-order valence-electron chi connectivity index (χ0n) is 15.9. The molecule has 26 heavy (non-hydrogen) atoms. The molecule has 3 aliphatic heterocycles. The average molecular weight is 388 g/mol. The van der Waals surface area contributed by atoms with Gasteiger partial charge in [0.2, 0.25) is 0 Å². The summed E-state index contributed by atoms with van der Waals surface area (Å²) in [5.41, 5.74) is 0. The molecule has 9 heteroatoms. The molecule has 0 aromatic heterocycles. The molecule has 1 unspecified atom stereocenters. The maximum atomic E-state index is 11.5. The van der Waals surface area contributed by atoms with E-state index < -0.39 is 9.84 Å². The number of morpholine rings is 1. The van der Waals surface area contributed by atoms with Crippen molar-refractivity contribution in [2.75, 3.05) is 83.6 Å². The number of guanidine groups is 1. The quantitative estimate of drug-likeness (QED) is 0.483. The van der Waals surface area contributed by atoms with E-state index in [2.05, 4.69) is 26.9 Å². The molecule has 3 rings (SSSR count). The fourth-order valence-corrected chi connectivity index (χ4v) is 5.15. The lowest BCUT2D eigenvalue weighted by molar-refractivity contribution is 0.0195. The minimum Gasteiger partial charge on any atom is -0.379 e. The summed E-state index contributed by atoms with van der Waals surface area (Å²) in [6.45, 7) is 11.6. The van der Waals surface area contributed by atoms with Gasteiger partial charge in [-0.05, 0) is 13.3 Å². The van der Waals surface area contributed by atoms with Crippen molar-refractivity contribution in [3.05, 3.63) is 0 Å². The molecule has 0 bridgehead atoms. The van der Waals surface area contributed by atoms with Crippen molar-refractivity contribution in [2.24, 2.45) is 4.99 Å². The lowest BCUT2D eigenvalue weighted by Crippen LogP contribution is -2.47. The van der Waals surface area contributed by atoms with Crippen molar-refractivity contribution < 1.29 is 13.2 Å². The number of rotatable bonds is 5. The monoisotopic (exact) mass is 387 g/mol. The lowest BCUT2D eigenvalue weighted by atomic mass is 10.2. The summed E-state index contributed by atoms with van der Waals surface area (Å²) in [7, 11) is -2.81. The van der Waals surface area contributed by atoms with Crippen molar-refractivity contribution in [3.8, 4) is 0 Å². The predicted molar refractivity (Wildman–Crippen MR) is 103 cm³/mol. The van der Waals surface area contributed by atoms with Gasteiger partial charge in [-0.3, -0.25) is 14.8 Å². The Bertz CT molecular complexity index is 563. The fraction of sp³-hybridized carbons (Fsp3) is 0.941. The van der Waals surface area contributed by atoms with Crippen LogP contribution in [-0.2, 0) is 14.6 Å². The molecule has 0 aromatic carbocycles. The van der Waals surface area contributed by atoms with E-state index in [1.807, 2.05) is 0 Å². The van der Waals surface area contributed by atoms with Crippen LogP contribution in [0.2, 0.25) is 0 Å². The van der Waals surface area contributed by atoms with Gasteiger partial charge in [-0.1, -0.05) is 0 Å². The van der Waals surface area contributed by atoms with Gasteiger partial charge >= 0.3 is 0 Å². The van der Waals surface area contributed by atoms with E-state index >= 15 is 0 Å². The lowest BCUT2D eigenvalue weighted by Gasteiger charge is -2.32. The maximum absolute atomic E-state index is 11.5. The van der Waals surface area contributed by atoms with Crippen LogP contribution in [0.15, 0.2) is 4.99 Å². The Hall–Kier alpha value is -0.900. The molecule has 150 valence electrons. The molecule has 0 amide bonds. The number of aliphatic imine (C=N–C) groups is 1. The number of sulfone groups is 1. The summed E-state index contributed by atoms with van der Waals surface area (Å²) >= 11 is 0. The van der Waals surface area contributed by atoms with Gasteiger partial charge in [-0.15, -0.1) is 0 Å². The standard InChI is InChI=1S/C17H33N5O3S/c1-2-18-17(19-4-6-20-9-13-26(23,24)14-10-20)22-5-3-16(15-22)21-7-11-25-12-8-21/h16H,2-15H2,1H3,(H,18,19). The second-order valence-corrected chi connectivity index (χ2v) is 9.57. The van der Waals surface area contributed by atoms with Crippen LogP contribution in [0.1, 0.15) is 13.3 Å². The van der Waals surface area contributed by atoms with Crippen LogP contribution in [0.4, 0.5) is 0 Å². The van der Waals surface area contributed by atoms with Gasteiger partial charge in [0.25, 0.3) is 0 Å².